The number of unbranched alkanes of at least 4 members (excludes halogenated alkanes) is 1. The van der Waals surface area contributed by atoms with Crippen LogP contribution in [0, 0.1) is 0 Å². The van der Waals surface area contributed by atoms with Gasteiger partial charge in [-0.3, -0.25) is 4.79 Å². The van der Waals surface area contributed by atoms with Gasteiger partial charge in [-0.25, -0.2) is 0 Å². The Morgan fingerprint density at radius 3 is 2.60 bits per heavy atom. The number of fused-ring (bicyclic) bond motifs is 1. The van der Waals surface area contributed by atoms with Crippen LogP contribution < -0.4 is 9.47 Å². The van der Waals surface area contributed by atoms with Crippen LogP contribution in [-0.4, -0.2) is 17.7 Å². The Bertz CT molecular complexity index is 619. The SMILES string of the molecule is CCCCOc1cc(O)c2ccccc2c1OC(C)=O. The first-order valence-corrected chi connectivity index (χ1v) is 6.69. The molecule has 0 saturated heterocycles. The third-order valence-corrected chi connectivity index (χ3v) is 2.94. The van der Waals surface area contributed by atoms with E-state index in [4.69, 9.17) is 9.47 Å². The highest BCUT2D eigenvalue weighted by Crippen LogP contribution is 2.41. The minimum atomic E-state index is -0.416. The van der Waals surface area contributed by atoms with E-state index in [-0.39, 0.29) is 5.75 Å². The van der Waals surface area contributed by atoms with E-state index in [1.54, 1.807) is 12.1 Å². The summed E-state index contributed by atoms with van der Waals surface area (Å²) in [4.78, 5) is 11.3. The van der Waals surface area contributed by atoms with Crippen LogP contribution >= 0.6 is 0 Å². The number of rotatable bonds is 5. The van der Waals surface area contributed by atoms with E-state index in [1.807, 2.05) is 12.1 Å². The highest BCUT2D eigenvalue weighted by Gasteiger charge is 2.15. The third-order valence-electron chi connectivity index (χ3n) is 2.94. The molecule has 0 spiro atoms. The van der Waals surface area contributed by atoms with Crippen molar-refractivity contribution in [1.29, 1.82) is 0 Å². The molecule has 0 aliphatic carbocycles. The highest BCUT2D eigenvalue weighted by molar-refractivity contribution is 5.96. The molecule has 2 rings (SSSR count). The number of ether oxygens (including phenoxy) is 2. The maximum absolute atomic E-state index is 11.3. The fourth-order valence-corrected chi connectivity index (χ4v) is 1.99. The molecule has 0 radical (unpaired) electrons. The second-order valence-electron chi connectivity index (χ2n) is 4.56. The number of hydrogen-bond acceptors (Lipinski definition) is 4. The molecule has 0 saturated carbocycles. The van der Waals surface area contributed by atoms with E-state index in [0.29, 0.717) is 28.9 Å². The molecule has 4 heteroatoms. The fraction of sp³-hybridized carbons (Fsp3) is 0.312. The summed E-state index contributed by atoms with van der Waals surface area (Å²) in [5.41, 5.74) is 0. The molecule has 0 heterocycles. The molecule has 2 aromatic carbocycles. The molecule has 0 aliphatic rings. The zero-order chi connectivity index (χ0) is 14.5. The van der Waals surface area contributed by atoms with Crippen LogP contribution in [0.25, 0.3) is 10.8 Å². The average Bonchev–Trinajstić information content (AvgIpc) is 2.43. The van der Waals surface area contributed by atoms with Crippen molar-refractivity contribution >= 4 is 16.7 Å². The van der Waals surface area contributed by atoms with E-state index in [9.17, 15) is 9.90 Å². The molecule has 0 aliphatic heterocycles. The summed E-state index contributed by atoms with van der Waals surface area (Å²) in [7, 11) is 0. The molecule has 0 aromatic heterocycles. The molecule has 1 N–H and O–H groups in total. The van der Waals surface area contributed by atoms with Crippen LogP contribution in [0.15, 0.2) is 30.3 Å². The Morgan fingerprint density at radius 2 is 1.95 bits per heavy atom. The predicted molar refractivity (Wildman–Crippen MR) is 77.3 cm³/mol. The smallest absolute Gasteiger partial charge is 0.308 e. The summed E-state index contributed by atoms with van der Waals surface area (Å²) < 4.78 is 10.9. The van der Waals surface area contributed by atoms with Crippen LogP contribution in [0.3, 0.4) is 0 Å². The number of esters is 1. The lowest BCUT2D eigenvalue weighted by atomic mass is 10.1. The number of aromatic hydroxyl groups is 1. The number of benzene rings is 2. The first-order valence-electron chi connectivity index (χ1n) is 6.69. The topological polar surface area (TPSA) is 55.8 Å². The second kappa shape index (κ2) is 6.28. The fourth-order valence-electron chi connectivity index (χ4n) is 1.99. The molecular weight excluding hydrogens is 256 g/mol. The summed E-state index contributed by atoms with van der Waals surface area (Å²) in [6.45, 7) is 3.92. The average molecular weight is 274 g/mol. The number of carbonyl (C=O) groups excluding carboxylic acids is 1. The van der Waals surface area contributed by atoms with Gasteiger partial charge in [-0.2, -0.15) is 0 Å². The number of phenolic OH excluding ortho intramolecular Hbond substituents is 1. The maximum Gasteiger partial charge on any atom is 0.308 e. The Morgan fingerprint density at radius 1 is 1.25 bits per heavy atom. The van der Waals surface area contributed by atoms with Crippen molar-refractivity contribution in [3.8, 4) is 17.2 Å². The van der Waals surface area contributed by atoms with E-state index in [2.05, 4.69) is 6.92 Å². The lowest BCUT2D eigenvalue weighted by molar-refractivity contribution is -0.131. The molecule has 0 amide bonds. The molecule has 20 heavy (non-hydrogen) atoms. The standard InChI is InChI=1S/C16H18O4/c1-3-4-9-19-15-10-14(18)12-7-5-6-8-13(12)16(15)20-11(2)17/h5-8,10,18H,3-4,9H2,1-2H3. The van der Waals surface area contributed by atoms with Gasteiger partial charge >= 0.3 is 5.97 Å². The number of phenols is 1. The zero-order valence-electron chi connectivity index (χ0n) is 11.7. The lowest BCUT2D eigenvalue weighted by Crippen LogP contribution is -2.05. The molecule has 4 nitrogen and oxygen atoms in total. The van der Waals surface area contributed by atoms with Crippen molar-refractivity contribution < 1.29 is 19.4 Å². The maximum atomic E-state index is 11.3. The molecule has 0 bridgehead atoms. The molecule has 0 unspecified atom stereocenters. The Labute approximate surface area is 117 Å². The Kier molecular flexibility index (Phi) is 4.45. The first-order chi connectivity index (χ1) is 9.63. The molecule has 2 aromatic rings. The van der Waals surface area contributed by atoms with Crippen molar-refractivity contribution in [3.63, 3.8) is 0 Å². The van der Waals surface area contributed by atoms with Crippen LogP contribution in [0.5, 0.6) is 17.2 Å². The zero-order valence-corrected chi connectivity index (χ0v) is 11.7. The van der Waals surface area contributed by atoms with Crippen LogP contribution in [0.1, 0.15) is 26.7 Å². The van der Waals surface area contributed by atoms with Crippen LogP contribution in [-0.2, 0) is 4.79 Å². The normalized spacial score (nSPS) is 10.5. The third kappa shape index (κ3) is 3.02. The van der Waals surface area contributed by atoms with Crippen LogP contribution in [0.2, 0.25) is 0 Å². The van der Waals surface area contributed by atoms with Crippen molar-refractivity contribution in [3.05, 3.63) is 30.3 Å². The summed E-state index contributed by atoms with van der Waals surface area (Å²) in [5.74, 6) is 0.455. The van der Waals surface area contributed by atoms with Gasteiger partial charge in [-0.1, -0.05) is 37.6 Å². The highest BCUT2D eigenvalue weighted by atomic mass is 16.6. The van der Waals surface area contributed by atoms with Gasteiger partial charge in [-0.05, 0) is 6.42 Å². The van der Waals surface area contributed by atoms with Crippen molar-refractivity contribution in [1.82, 2.24) is 0 Å². The minimum Gasteiger partial charge on any atom is -0.507 e. The molecule has 106 valence electrons. The Hall–Kier alpha value is -2.23. The van der Waals surface area contributed by atoms with Crippen LogP contribution in [0.4, 0.5) is 0 Å². The van der Waals surface area contributed by atoms with E-state index in [0.717, 1.165) is 12.8 Å². The summed E-state index contributed by atoms with van der Waals surface area (Å²) in [6, 6.07) is 8.70. The van der Waals surface area contributed by atoms with Gasteiger partial charge in [0.25, 0.3) is 0 Å². The Balaban J connectivity index is 2.50. The monoisotopic (exact) mass is 274 g/mol. The van der Waals surface area contributed by atoms with Gasteiger partial charge in [0, 0.05) is 23.8 Å². The molecular formula is C16H18O4. The van der Waals surface area contributed by atoms with Crippen molar-refractivity contribution in [2.45, 2.75) is 26.7 Å². The van der Waals surface area contributed by atoms with Crippen molar-refractivity contribution in [2.75, 3.05) is 6.61 Å². The molecule has 0 atom stereocenters. The van der Waals surface area contributed by atoms with Gasteiger partial charge in [0.05, 0.1) is 6.61 Å². The quantitative estimate of drug-likeness (QED) is 0.513. The predicted octanol–water partition coefficient (Wildman–Crippen LogP) is 3.65. The first kappa shape index (κ1) is 14.2. The lowest BCUT2D eigenvalue weighted by Gasteiger charge is -2.14. The van der Waals surface area contributed by atoms with E-state index in [1.165, 1.54) is 13.0 Å². The van der Waals surface area contributed by atoms with Gasteiger partial charge in [0.15, 0.2) is 11.5 Å². The summed E-state index contributed by atoms with van der Waals surface area (Å²) in [6.07, 6.45) is 1.90. The van der Waals surface area contributed by atoms with Gasteiger partial charge in [0.2, 0.25) is 0 Å². The number of hydrogen-bond donors (Lipinski definition) is 1. The van der Waals surface area contributed by atoms with Gasteiger partial charge in [0.1, 0.15) is 5.75 Å². The van der Waals surface area contributed by atoms with Gasteiger partial charge < -0.3 is 14.6 Å². The van der Waals surface area contributed by atoms with E-state index < -0.39 is 5.97 Å². The van der Waals surface area contributed by atoms with E-state index >= 15 is 0 Å². The van der Waals surface area contributed by atoms with Gasteiger partial charge in [-0.15, -0.1) is 0 Å². The second-order valence-corrected chi connectivity index (χ2v) is 4.56. The minimum absolute atomic E-state index is 0.114. The van der Waals surface area contributed by atoms with Crippen molar-refractivity contribution in [2.24, 2.45) is 0 Å². The molecule has 0 fully saturated rings. The largest absolute Gasteiger partial charge is 0.507 e. The number of carbonyl (C=O) groups is 1. The summed E-state index contributed by atoms with van der Waals surface area (Å²) >= 11 is 0. The summed E-state index contributed by atoms with van der Waals surface area (Å²) in [5, 5.41) is 11.3.